The van der Waals surface area contributed by atoms with Gasteiger partial charge in [-0.25, -0.2) is 0 Å². The number of benzene rings is 1. The molecule has 1 aromatic heterocycles. The van der Waals surface area contributed by atoms with Gasteiger partial charge in [0, 0.05) is 12.7 Å². The fraction of sp³-hybridized carbons (Fsp3) is 0.368. The van der Waals surface area contributed by atoms with E-state index in [9.17, 15) is 4.79 Å². The van der Waals surface area contributed by atoms with Crippen molar-refractivity contribution in [3.63, 3.8) is 0 Å². The molecule has 1 fully saturated rings. The number of rotatable bonds is 4. The first kappa shape index (κ1) is 17.1. The van der Waals surface area contributed by atoms with Crippen molar-refractivity contribution in [2.24, 2.45) is 0 Å². The number of nitriles is 1. The van der Waals surface area contributed by atoms with E-state index in [1.807, 2.05) is 50.2 Å². The lowest BCUT2D eigenvalue weighted by molar-refractivity contribution is -0.136. The van der Waals surface area contributed by atoms with Gasteiger partial charge >= 0.3 is 0 Å². The Hall–Kier alpha value is -2.78. The quantitative estimate of drug-likeness (QED) is 0.929. The van der Waals surface area contributed by atoms with Gasteiger partial charge in [0.25, 0.3) is 5.91 Å². The van der Waals surface area contributed by atoms with Gasteiger partial charge in [-0.15, -0.1) is 0 Å². The summed E-state index contributed by atoms with van der Waals surface area (Å²) in [5.74, 6) is 0.662. The van der Waals surface area contributed by atoms with E-state index in [0.29, 0.717) is 31.0 Å². The number of nitrogens with zero attached hydrogens (tertiary/aromatic N) is 2. The Labute approximate surface area is 147 Å². The van der Waals surface area contributed by atoms with Gasteiger partial charge in [0.2, 0.25) is 0 Å². The number of H-pyrrole nitrogens is 1. The number of nitrogens with one attached hydrogen (secondary N) is 1. The van der Waals surface area contributed by atoms with Crippen LogP contribution in [0.5, 0.6) is 5.75 Å². The lowest BCUT2D eigenvalue weighted by Crippen LogP contribution is -2.56. The molecule has 1 aliphatic heterocycles. The number of carbonyl (C=O) groups excluding carboxylic acids is 1. The molecule has 0 radical (unpaired) electrons. The molecule has 3 rings (SSSR count). The molecule has 25 heavy (non-hydrogen) atoms. The molecule has 1 N–H and O–H groups in total. The van der Waals surface area contributed by atoms with E-state index in [1.165, 1.54) is 0 Å². The van der Waals surface area contributed by atoms with E-state index in [0.717, 1.165) is 5.75 Å². The maximum atomic E-state index is 12.7. The summed E-state index contributed by atoms with van der Waals surface area (Å²) in [6.45, 7) is 5.22. The highest BCUT2D eigenvalue weighted by Gasteiger charge is 2.36. The van der Waals surface area contributed by atoms with Crippen molar-refractivity contribution in [3.05, 3.63) is 53.9 Å². The summed E-state index contributed by atoms with van der Waals surface area (Å²) in [6, 6.07) is 13.1. The second kappa shape index (κ2) is 6.99. The molecule has 0 saturated carbocycles. The van der Waals surface area contributed by atoms with E-state index >= 15 is 0 Å². The highest BCUT2D eigenvalue weighted by molar-refractivity contribution is 5.94. The summed E-state index contributed by atoms with van der Waals surface area (Å²) in [5.41, 5.74) is 0.393. The molecule has 1 aromatic carbocycles. The van der Waals surface area contributed by atoms with Crippen LogP contribution >= 0.6 is 0 Å². The van der Waals surface area contributed by atoms with E-state index in [2.05, 4.69) is 4.98 Å². The SMILES string of the molecule is CC1(C)CN(C(=O)c2c[nH]c(C#N)c2)C[C@@H](COc2ccccc2)O1. The van der Waals surface area contributed by atoms with Crippen LogP contribution in [0.3, 0.4) is 0 Å². The fourth-order valence-corrected chi connectivity index (χ4v) is 3.01. The Morgan fingerprint density at radius 1 is 1.44 bits per heavy atom. The Morgan fingerprint density at radius 3 is 2.88 bits per heavy atom. The highest BCUT2D eigenvalue weighted by Crippen LogP contribution is 2.23. The third-order valence-corrected chi connectivity index (χ3v) is 4.00. The van der Waals surface area contributed by atoms with Gasteiger partial charge in [0.05, 0.1) is 17.7 Å². The number of hydrogen-bond acceptors (Lipinski definition) is 4. The zero-order valence-corrected chi connectivity index (χ0v) is 14.4. The van der Waals surface area contributed by atoms with Crippen molar-refractivity contribution in [1.82, 2.24) is 9.88 Å². The van der Waals surface area contributed by atoms with Gasteiger partial charge in [-0.2, -0.15) is 5.26 Å². The zero-order valence-electron chi connectivity index (χ0n) is 14.4. The first-order valence-corrected chi connectivity index (χ1v) is 8.20. The van der Waals surface area contributed by atoms with Crippen LogP contribution in [0.25, 0.3) is 0 Å². The Morgan fingerprint density at radius 2 is 2.20 bits per heavy atom. The molecule has 1 aliphatic rings. The molecule has 1 atom stereocenters. The first-order chi connectivity index (χ1) is 12.0. The van der Waals surface area contributed by atoms with Gasteiger partial charge in [-0.1, -0.05) is 18.2 Å². The number of aromatic amines is 1. The van der Waals surface area contributed by atoms with Crippen LogP contribution in [-0.4, -0.2) is 47.2 Å². The van der Waals surface area contributed by atoms with Crippen LogP contribution in [0.15, 0.2) is 42.6 Å². The predicted molar refractivity (Wildman–Crippen MR) is 92.3 cm³/mol. The number of morpholine rings is 1. The van der Waals surface area contributed by atoms with Crippen LogP contribution in [0, 0.1) is 11.3 Å². The maximum Gasteiger partial charge on any atom is 0.255 e. The van der Waals surface area contributed by atoms with E-state index in [4.69, 9.17) is 14.7 Å². The minimum atomic E-state index is -0.465. The number of para-hydroxylation sites is 1. The Kier molecular flexibility index (Phi) is 4.77. The Balaban J connectivity index is 1.68. The third kappa shape index (κ3) is 4.20. The molecule has 1 amide bonds. The highest BCUT2D eigenvalue weighted by atomic mass is 16.5. The molecule has 2 heterocycles. The number of amides is 1. The molecule has 2 aromatic rings. The van der Waals surface area contributed by atoms with Crippen molar-refractivity contribution in [2.75, 3.05) is 19.7 Å². The summed E-state index contributed by atoms with van der Waals surface area (Å²) >= 11 is 0. The fourth-order valence-electron chi connectivity index (χ4n) is 3.01. The molecule has 130 valence electrons. The smallest absolute Gasteiger partial charge is 0.255 e. The molecule has 0 aliphatic carbocycles. The number of hydrogen-bond donors (Lipinski definition) is 1. The average molecular weight is 339 g/mol. The van der Waals surface area contributed by atoms with Crippen molar-refractivity contribution in [1.29, 1.82) is 5.26 Å². The van der Waals surface area contributed by atoms with Gasteiger partial charge in [-0.05, 0) is 32.0 Å². The summed E-state index contributed by atoms with van der Waals surface area (Å²) < 4.78 is 11.8. The second-order valence-electron chi connectivity index (χ2n) is 6.72. The summed E-state index contributed by atoms with van der Waals surface area (Å²) in [6.07, 6.45) is 1.35. The maximum absolute atomic E-state index is 12.7. The molecular weight excluding hydrogens is 318 g/mol. The van der Waals surface area contributed by atoms with Crippen molar-refractivity contribution in [3.8, 4) is 11.8 Å². The Bertz CT molecular complexity index is 777. The van der Waals surface area contributed by atoms with Crippen LogP contribution in [0.2, 0.25) is 0 Å². The summed E-state index contributed by atoms with van der Waals surface area (Å²) in [5, 5.41) is 8.90. The molecule has 0 bridgehead atoms. The van der Waals surface area contributed by atoms with E-state index < -0.39 is 5.60 Å². The van der Waals surface area contributed by atoms with Gasteiger partial charge < -0.3 is 19.4 Å². The molecular formula is C19H21N3O3. The minimum Gasteiger partial charge on any atom is -0.491 e. The van der Waals surface area contributed by atoms with Crippen LogP contribution in [-0.2, 0) is 4.74 Å². The van der Waals surface area contributed by atoms with Crippen molar-refractivity contribution >= 4 is 5.91 Å². The monoisotopic (exact) mass is 339 g/mol. The van der Waals surface area contributed by atoms with Gasteiger partial charge in [0.1, 0.15) is 30.2 Å². The van der Waals surface area contributed by atoms with Crippen LogP contribution < -0.4 is 4.74 Å². The van der Waals surface area contributed by atoms with Crippen LogP contribution in [0.4, 0.5) is 0 Å². The second-order valence-corrected chi connectivity index (χ2v) is 6.72. The number of ether oxygens (including phenoxy) is 2. The molecule has 0 spiro atoms. The summed E-state index contributed by atoms with van der Waals surface area (Å²) in [7, 11) is 0. The summed E-state index contributed by atoms with van der Waals surface area (Å²) in [4.78, 5) is 17.3. The van der Waals surface area contributed by atoms with Crippen molar-refractivity contribution < 1.29 is 14.3 Å². The van der Waals surface area contributed by atoms with E-state index in [1.54, 1.807) is 17.2 Å². The molecule has 1 saturated heterocycles. The minimum absolute atomic E-state index is 0.112. The normalized spacial score (nSPS) is 19.2. The van der Waals surface area contributed by atoms with Gasteiger partial charge in [-0.3, -0.25) is 4.79 Å². The zero-order chi connectivity index (χ0) is 17.9. The lowest BCUT2D eigenvalue weighted by Gasteiger charge is -2.42. The number of aromatic nitrogens is 1. The first-order valence-electron chi connectivity index (χ1n) is 8.20. The molecule has 6 nitrogen and oxygen atoms in total. The van der Waals surface area contributed by atoms with Gasteiger partial charge in [0.15, 0.2) is 0 Å². The van der Waals surface area contributed by atoms with Crippen molar-refractivity contribution in [2.45, 2.75) is 25.6 Å². The molecule has 0 unspecified atom stereocenters. The lowest BCUT2D eigenvalue weighted by atomic mass is 10.0. The average Bonchev–Trinajstić information content (AvgIpc) is 3.08. The van der Waals surface area contributed by atoms with E-state index in [-0.39, 0.29) is 12.0 Å². The molecule has 6 heteroatoms. The topological polar surface area (TPSA) is 78.4 Å². The number of carbonyl (C=O) groups is 1. The van der Waals surface area contributed by atoms with Crippen LogP contribution in [0.1, 0.15) is 29.9 Å². The standard InChI is InChI=1S/C19H21N3O3/c1-19(2)13-22(18(23)14-8-15(9-20)21-10-14)11-17(25-19)12-24-16-6-4-3-5-7-16/h3-8,10,17,21H,11-13H2,1-2H3/t17-/m0/s1. The third-order valence-electron chi connectivity index (χ3n) is 4.00. The predicted octanol–water partition coefficient (Wildman–Crippen LogP) is 2.58. The largest absolute Gasteiger partial charge is 0.491 e.